The van der Waals surface area contributed by atoms with Crippen molar-refractivity contribution in [2.24, 2.45) is 4.99 Å². The summed E-state index contributed by atoms with van der Waals surface area (Å²) in [7, 11) is 3.56. The lowest BCUT2D eigenvalue weighted by atomic mass is 10.0. The molecule has 7 nitrogen and oxygen atoms in total. The van der Waals surface area contributed by atoms with Gasteiger partial charge in [0, 0.05) is 38.8 Å². The van der Waals surface area contributed by atoms with E-state index in [1.807, 2.05) is 7.05 Å². The van der Waals surface area contributed by atoms with Crippen LogP contribution in [0.25, 0.3) is 0 Å². The van der Waals surface area contributed by atoms with Crippen LogP contribution in [0.2, 0.25) is 0 Å². The summed E-state index contributed by atoms with van der Waals surface area (Å²) in [4.78, 5) is 9.58. The van der Waals surface area contributed by atoms with Crippen molar-refractivity contribution in [1.82, 2.24) is 20.4 Å². The number of hydrogen-bond acceptors (Lipinski definition) is 5. The number of nitrogens with one attached hydrogen (secondary N) is 2. The minimum Gasteiger partial charge on any atom is -0.497 e. The summed E-state index contributed by atoms with van der Waals surface area (Å²) in [5.74, 6) is 1.76. The number of methoxy groups -OCH3 is 1. The number of benzene rings is 1. The molecule has 182 valence electrons. The zero-order valence-corrected chi connectivity index (χ0v) is 22.6. The highest BCUT2D eigenvalue weighted by Gasteiger charge is 2.28. The number of guanidine groups is 1. The number of piperidine rings is 1. The highest BCUT2D eigenvalue weighted by atomic mass is 127. The lowest BCUT2D eigenvalue weighted by Gasteiger charge is -2.41. The summed E-state index contributed by atoms with van der Waals surface area (Å²) < 4.78 is 10.9. The molecule has 3 rings (SSSR count). The third kappa shape index (κ3) is 7.74. The Morgan fingerprint density at radius 1 is 1.06 bits per heavy atom. The minimum atomic E-state index is 0. The first-order valence-corrected chi connectivity index (χ1v) is 11.7. The molecule has 2 aliphatic heterocycles. The second-order valence-corrected chi connectivity index (χ2v) is 9.10. The number of halogens is 1. The molecule has 2 saturated heterocycles. The molecule has 2 aliphatic rings. The molecule has 1 aromatic carbocycles. The van der Waals surface area contributed by atoms with E-state index in [1.54, 1.807) is 7.11 Å². The molecule has 0 amide bonds. The number of rotatable bonds is 8. The van der Waals surface area contributed by atoms with Crippen LogP contribution in [0.4, 0.5) is 0 Å². The monoisotopic (exact) mass is 559 g/mol. The average molecular weight is 560 g/mol. The van der Waals surface area contributed by atoms with Gasteiger partial charge in [0.1, 0.15) is 5.75 Å². The van der Waals surface area contributed by atoms with Crippen molar-refractivity contribution in [3.8, 4) is 5.75 Å². The van der Waals surface area contributed by atoms with E-state index >= 15 is 0 Å². The lowest BCUT2D eigenvalue weighted by Crippen LogP contribution is -2.56. The first kappa shape index (κ1) is 27.1. The van der Waals surface area contributed by atoms with Crippen LogP contribution in [-0.2, 0) is 4.74 Å². The van der Waals surface area contributed by atoms with Crippen LogP contribution in [0.5, 0.6) is 5.75 Å². The van der Waals surface area contributed by atoms with E-state index in [9.17, 15) is 0 Å². The maximum absolute atomic E-state index is 5.51. The summed E-state index contributed by atoms with van der Waals surface area (Å²) in [6, 6.07) is 8.82. The quantitative estimate of drug-likeness (QED) is 0.290. The van der Waals surface area contributed by atoms with E-state index in [-0.39, 0.29) is 29.5 Å². The van der Waals surface area contributed by atoms with Crippen LogP contribution in [0.15, 0.2) is 29.3 Å². The van der Waals surface area contributed by atoms with Crippen LogP contribution < -0.4 is 15.4 Å². The Bertz CT molecular complexity index is 686. The van der Waals surface area contributed by atoms with Crippen LogP contribution in [0.1, 0.15) is 44.7 Å². The Kier molecular flexibility index (Phi) is 11.5. The van der Waals surface area contributed by atoms with Crippen LogP contribution in [0, 0.1) is 0 Å². The van der Waals surface area contributed by atoms with Crippen LogP contribution in [-0.4, -0.2) is 87.9 Å². The highest BCUT2D eigenvalue weighted by Crippen LogP contribution is 2.26. The molecule has 1 atom stereocenters. The van der Waals surface area contributed by atoms with Gasteiger partial charge in [-0.15, -0.1) is 24.0 Å². The molecule has 0 bridgehead atoms. The van der Waals surface area contributed by atoms with Gasteiger partial charge in [-0.2, -0.15) is 0 Å². The van der Waals surface area contributed by atoms with Gasteiger partial charge >= 0.3 is 0 Å². The molecule has 32 heavy (non-hydrogen) atoms. The predicted molar refractivity (Wildman–Crippen MR) is 142 cm³/mol. The van der Waals surface area contributed by atoms with Crippen molar-refractivity contribution in [2.45, 2.75) is 44.7 Å². The molecule has 2 N–H and O–H groups in total. The fourth-order valence-electron chi connectivity index (χ4n) is 4.51. The van der Waals surface area contributed by atoms with Crippen molar-refractivity contribution in [1.29, 1.82) is 0 Å². The van der Waals surface area contributed by atoms with E-state index in [4.69, 9.17) is 9.47 Å². The molecule has 8 heteroatoms. The van der Waals surface area contributed by atoms with Crippen molar-refractivity contribution in [3.05, 3.63) is 29.8 Å². The lowest BCUT2D eigenvalue weighted by molar-refractivity contribution is -0.00834. The van der Waals surface area contributed by atoms with Gasteiger partial charge in [-0.3, -0.25) is 14.8 Å². The largest absolute Gasteiger partial charge is 0.497 e. The van der Waals surface area contributed by atoms with Gasteiger partial charge in [-0.25, -0.2) is 0 Å². The molecule has 0 radical (unpaired) electrons. The average Bonchev–Trinajstić information content (AvgIpc) is 2.82. The van der Waals surface area contributed by atoms with Gasteiger partial charge in [0.25, 0.3) is 0 Å². The number of ether oxygens (including phenoxy) is 2. The van der Waals surface area contributed by atoms with Gasteiger partial charge < -0.3 is 20.1 Å². The van der Waals surface area contributed by atoms with E-state index in [1.165, 1.54) is 24.8 Å². The van der Waals surface area contributed by atoms with Crippen molar-refractivity contribution in [3.63, 3.8) is 0 Å². The first-order valence-electron chi connectivity index (χ1n) is 11.7. The van der Waals surface area contributed by atoms with Gasteiger partial charge in [0.05, 0.1) is 26.4 Å². The second kappa shape index (κ2) is 13.6. The first-order chi connectivity index (χ1) is 15.0. The molecular formula is C24H42IN5O2. The number of aliphatic imine (C=N–C) groups is 1. The minimum absolute atomic E-state index is 0. The molecule has 2 fully saturated rings. The maximum Gasteiger partial charge on any atom is 0.191 e. The fourth-order valence-corrected chi connectivity index (χ4v) is 4.51. The molecule has 0 saturated carbocycles. The van der Waals surface area contributed by atoms with Gasteiger partial charge in [0.2, 0.25) is 0 Å². The van der Waals surface area contributed by atoms with Gasteiger partial charge in [0.15, 0.2) is 5.96 Å². The van der Waals surface area contributed by atoms with Crippen molar-refractivity contribution < 1.29 is 9.47 Å². The topological polar surface area (TPSA) is 61.4 Å². The van der Waals surface area contributed by atoms with Crippen molar-refractivity contribution >= 4 is 29.9 Å². The Hall–Kier alpha value is -1.10. The van der Waals surface area contributed by atoms with Crippen LogP contribution >= 0.6 is 24.0 Å². The molecule has 1 aromatic rings. The van der Waals surface area contributed by atoms with Gasteiger partial charge in [-0.05, 0) is 57.5 Å². The molecule has 0 aromatic heterocycles. The zero-order valence-electron chi connectivity index (χ0n) is 20.2. The molecule has 1 unspecified atom stereocenters. The Labute approximate surface area is 211 Å². The summed E-state index contributed by atoms with van der Waals surface area (Å²) in [5.41, 5.74) is 1.36. The third-order valence-corrected chi connectivity index (χ3v) is 6.57. The Morgan fingerprint density at radius 3 is 2.31 bits per heavy atom. The molecule has 0 spiro atoms. The Balaban J connectivity index is 0.00000363. The van der Waals surface area contributed by atoms with E-state index in [0.717, 1.165) is 64.2 Å². The summed E-state index contributed by atoms with van der Waals surface area (Å²) in [5, 5.41) is 7.15. The normalized spacial score (nSPS) is 19.7. The number of hydrogen-bond donors (Lipinski definition) is 2. The third-order valence-electron chi connectivity index (χ3n) is 6.57. The van der Waals surface area contributed by atoms with Crippen molar-refractivity contribution in [2.75, 3.05) is 66.6 Å². The second-order valence-electron chi connectivity index (χ2n) is 9.10. The standard InChI is InChI=1S/C24H41N5O2.HI/c1-24(2,29-14-16-31-17-15-29)19-27-23(25-3)26-18-22(28-12-6-5-7-13-28)20-8-10-21(30-4)11-9-20;/h8-11,22H,5-7,12-19H2,1-4H3,(H2,25,26,27);1H. The molecular weight excluding hydrogens is 517 g/mol. The van der Waals surface area contributed by atoms with E-state index in [0.29, 0.717) is 6.04 Å². The Morgan fingerprint density at radius 2 is 1.72 bits per heavy atom. The SMILES string of the molecule is CN=C(NCC(c1ccc(OC)cc1)N1CCCCC1)NCC(C)(C)N1CCOCC1.I. The summed E-state index contributed by atoms with van der Waals surface area (Å²) >= 11 is 0. The molecule has 0 aliphatic carbocycles. The number of nitrogens with zero attached hydrogens (tertiary/aromatic N) is 3. The highest BCUT2D eigenvalue weighted by molar-refractivity contribution is 14.0. The predicted octanol–water partition coefficient (Wildman–Crippen LogP) is 3.12. The van der Waals surface area contributed by atoms with Gasteiger partial charge in [-0.1, -0.05) is 18.6 Å². The smallest absolute Gasteiger partial charge is 0.191 e. The maximum atomic E-state index is 5.51. The summed E-state index contributed by atoms with van der Waals surface area (Å²) in [6.45, 7) is 12.1. The number of morpholine rings is 1. The number of likely N-dealkylation sites (tertiary alicyclic amines) is 1. The molecule has 2 heterocycles. The van der Waals surface area contributed by atoms with E-state index < -0.39 is 0 Å². The van der Waals surface area contributed by atoms with E-state index in [2.05, 4.69) is 63.5 Å². The zero-order chi connectivity index (χ0) is 22.1. The fraction of sp³-hybridized carbons (Fsp3) is 0.708. The van der Waals surface area contributed by atoms with Crippen LogP contribution in [0.3, 0.4) is 0 Å². The summed E-state index contributed by atoms with van der Waals surface area (Å²) in [6.07, 6.45) is 3.87.